The van der Waals surface area contributed by atoms with E-state index in [2.05, 4.69) is 0 Å². The van der Waals surface area contributed by atoms with E-state index in [1.807, 2.05) is 0 Å². The third-order valence-corrected chi connectivity index (χ3v) is 3.90. The van der Waals surface area contributed by atoms with E-state index in [0.29, 0.717) is 0 Å². The smallest absolute Gasteiger partial charge is 0.0352 e. The van der Waals surface area contributed by atoms with Gasteiger partial charge in [-0.3, -0.25) is 0 Å². The third kappa shape index (κ3) is 0.741. The summed E-state index contributed by atoms with van der Waals surface area (Å²) in [4.78, 5) is 0. The van der Waals surface area contributed by atoms with Crippen LogP contribution >= 0.6 is 0 Å². The molecule has 4 unspecified atom stereocenters. The minimum absolute atomic E-state index is 1.20. The Labute approximate surface area is 63.0 Å². The van der Waals surface area contributed by atoms with E-state index in [9.17, 15) is 0 Å². The second-order valence-corrected chi connectivity index (χ2v) is 4.60. The molecule has 0 radical (unpaired) electrons. The summed E-state index contributed by atoms with van der Waals surface area (Å²) < 4.78 is 0. The molecular weight excluding hydrogens is 120 g/mol. The van der Waals surface area contributed by atoms with Crippen LogP contribution in [0.3, 0.4) is 0 Å². The van der Waals surface area contributed by atoms with E-state index < -0.39 is 0 Å². The third-order valence-electron chi connectivity index (χ3n) is 3.90. The van der Waals surface area contributed by atoms with E-state index in [0.717, 1.165) is 0 Å². The second kappa shape index (κ2) is 1.78. The normalized spacial score (nSPS) is 57.6. The maximum Gasteiger partial charge on any atom is -0.0352 e. The van der Waals surface area contributed by atoms with Gasteiger partial charge < -0.3 is 0 Å². The van der Waals surface area contributed by atoms with Crippen LogP contribution in [0.1, 0.15) is 38.5 Å². The molecule has 4 atom stereocenters. The van der Waals surface area contributed by atoms with E-state index in [-0.39, 0.29) is 0 Å². The van der Waals surface area contributed by atoms with Gasteiger partial charge >= 0.3 is 0 Å². The lowest BCUT2D eigenvalue weighted by Crippen LogP contribution is -1.94. The first-order valence-corrected chi connectivity index (χ1v) is 4.95. The molecule has 3 aliphatic rings. The average Bonchev–Trinajstić information content (AvgIpc) is 2.68. The Morgan fingerprint density at radius 1 is 0.700 bits per heavy atom. The van der Waals surface area contributed by atoms with Crippen LogP contribution in [0, 0.1) is 23.7 Å². The highest BCUT2D eigenvalue weighted by molar-refractivity contribution is 5.02. The Morgan fingerprint density at radius 3 is 1.70 bits per heavy atom. The van der Waals surface area contributed by atoms with Crippen molar-refractivity contribution in [3.63, 3.8) is 0 Å². The average molecular weight is 136 g/mol. The van der Waals surface area contributed by atoms with E-state index in [4.69, 9.17) is 0 Å². The van der Waals surface area contributed by atoms with Crippen molar-refractivity contribution in [1.29, 1.82) is 0 Å². The molecule has 10 heavy (non-hydrogen) atoms. The van der Waals surface area contributed by atoms with Crippen LogP contribution in [-0.2, 0) is 0 Å². The standard InChI is InChI=1S/C10H16/c1-2-4-8-6-10(8)9-5-7(9)3-1/h7-10H,1-6H2. The highest BCUT2D eigenvalue weighted by atomic mass is 14.6. The molecule has 0 saturated heterocycles. The van der Waals surface area contributed by atoms with Crippen LogP contribution in [0.15, 0.2) is 0 Å². The minimum atomic E-state index is 1.20. The Kier molecular flexibility index (Phi) is 1.00. The lowest BCUT2D eigenvalue weighted by Gasteiger charge is -2.04. The molecule has 0 aromatic carbocycles. The Balaban J connectivity index is 1.72. The summed E-state index contributed by atoms with van der Waals surface area (Å²) in [5.74, 6) is 4.86. The predicted octanol–water partition coefficient (Wildman–Crippen LogP) is 2.83. The summed E-state index contributed by atoms with van der Waals surface area (Å²) in [6.45, 7) is 0. The van der Waals surface area contributed by atoms with E-state index in [1.54, 1.807) is 38.5 Å². The predicted molar refractivity (Wildman–Crippen MR) is 41.7 cm³/mol. The first-order chi connectivity index (χ1) is 4.95. The van der Waals surface area contributed by atoms with Gasteiger partial charge in [0.2, 0.25) is 0 Å². The highest BCUT2D eigenvalue weighted by Gasteiger charge is 2.53. The maximum absolute atomic E-state index is 1.61. The molecular formula is C10H16. The molecule has 3 rings (SSSR count). The van der Waals surface area contributed by atoms with Gasteiger partial charge in [-0.05, 0) is 36.5 Å². The zero-order valence-corrected chi connectivity index (χ0v) is 6.55. The lowest BCUT2D eigenvalue weighted by atomic mass is 10.0. The fraction of sp³-hybridized carbons (Fsp3) is 1.00. The lowest BCUT2D eigenvalue weighted by molar-refractivity contribution is 0.467. The summed E-state index contributed by atoms with van der Waals surface area (Å²) >= 11 is 0. The number of fused-ring (bicyclic) bond motifs is 3. The molecule has 0 heteroatoms. The summed E-state index contributed by atoms with van der Waals surface area (Å²) in [7, 11) is 0. The largest absolute Gasteiger partial charge is 0.0530 e. The molecule has 0 spiro atoms. The van der Waals surface area contributed by atoms with Gasteiger partial charge in [0.1, 0.15) is 0 Å². The van der Waals surface area contributed by atoms with Crippen LogP contribution < -0.4 is 0 Å². The molecule has 3 aliphatic carbocycles. The van der Waals surface area contributed by atoms with Crippen molar-refractivity contribution < 1.29 is 0 Å². The molecule has 3 fully saturated rings. The van der Waals surface area contributed by atoms with Crippen LogP contribution in [0.4, 0.5) is 0 Å². The van der Waals surface area contributed by atoms with Crippen molar-refractivity contribution in [2.24, 2.45) is 23.7 Å². The Bertz CT molecular complexity index is 132. The van der Waals surface area contributed by atoms with Crippen molar-refractivity contribution in [3.05, 3.63) is 0 Å². The molecule has 0 nitrogen and oxygen atoms in total. The molecule has 0 heterocycles. The highest BCUT2D eigenvalue weighted by Crippen LogP contribution is 2.61. The van der Waals surface area contributed by atoms with Crippen LogP contribution in [0.5, 0.6) is 0 Å². The summed E-state index contributed by atoms with van der Waals surface area (Å²) in [6.07, 6.45) is 9.47. The van der Waals surface area contributed by atoms with Gasteiger partial charge in [-0.1, -0.05) is 25.7 Å². The fourth-order valence-electron chi connectivity index (χ4n) is 3.07. The first kappa shape index (κ1) is 5.62. The Hall–Kier alpha value is 0. The number of hydrogen-bond donors (Lipinski definition) is 0. The maximum atomic E-state index is 1.61. The van der Waals surface area contributed by atoms with Gasteiger partial charge in [0.25, 0.3) is 0 Å². The molecule has 0 bridgehead atoms. The minimum Gasteiger partial charge on any atom is -0.0530 e. The van der Waals surface area contributed by atoms with Crippen LogP contribution in [-0.4, -0.2) is 0 Å². The summed E-state index contributed by atoms with van der Waals surface area (Å²) in [6, 6.07) is 0. The van der Waals surface area contributed by atoms with Crippen molar-refractivity contribution in [2.75, 3.05) is 0 Å². The van der Waals surface area contributed by atoms with Crippen molar-refractivity contribution in [1.82, 2.24) is 0 Å². The van der Waals surface area contributed by atoms with E-state index >= 15 is 0 Å². The van der Waals surface area contributed by atoms with Gasteiger partial charge in [-0.25, -0.2) is 0 Å². The van der Waals surface area contributed by atoms with Crippen LogP contribution in [0.2, 0.25) is 0 Å². The topological polar surface area (TPSA) is 0 Å². The zero-order valence-electron chi connectivity index (χ0n) is 6.55. The molecule has 0 aromatic heterocycles. The summed E-state index contributed by atoms with van der Waals surface area (Å²) in [5.41, 5.74) is 0. The SMILES string of the molecule is C1CCC2CC2C2CC2C1. The molecule has 0 aromatic rings. The van der Waals surface area contributed by atoms with Crippen molar-refractivity contribution in [3.8, 4) is 0 Å². The molecule has 56 valence electrons. The van der Waals surface area contributed by atoms with Crippen molar-refractivity contribution >= 4 is 0 Å². The quantitative estimate of drug-likeness (QED) is 0.480. The van der Waals surface area contributed by atoms with Gasteiger partial charge in [-0.2, -0.15) is 0 Å². The fourth-order valence-corrected chi connectivity index (χ4v) is 3.07. The molecule has 0 amide bonds. The number of rotatable bonds is 0. The van der Waals surface area contributed by atoms with Gasteiger partial charge in [0, 0.05) is 0 Å². The monoisotopic (exact) mass is 136 g/mol. The van der Waals surface area contributed by atoms with Crippen molar-refractivity contribution in [2.45, 2.75) is 38.5 Å². The molecule has 3 saturated carbocycles. The van der Waals surface area contributed by atoms with Gasteiger partial charge in [-0.15, -0.1) is 0 Å². The first-order valence-electron chi connectivity index (χ1n) is 4.95. The zero-order chi connectivity index (χ0) is 6.55. The summed E-state index contributed by atoms with van der Waals surface area (Å²) in [5, 5.41) is 0. The second-order valence-electron chi connectivity index (χ2n) is 4.60. The molecule has 0 aliphatic heterocycles. The molecule has 0 N–H and O–H groups in total. The van der Waals surface area contributed by atoms with Gasteiger partial charge in [0.05, 0.1) is 0 Å². The van der Waals surface area contributed by atoms with Gasteiger partial charge in [0.15, 0.2) is 0 Å². The Morgan fingerprint density at radius 2 is 1.20 bits per heavy atom. The number of hydrogen-bond acceptors (Lipinski definition) is 0. The van der Waals surface area contributed by atoms with E-state index in [1.165, 1.54) is 23.7 Å². The van der Waals surface area contributed by atoms with Crippen LogP contribution in [0.25, 0.3) is 0 Å².